The third-order valence-electron chi connectivity index (χ3n) is 11.9. The Morgan fingerprint density at radius 3 is 0.585 bits per heavy atom. The van der Waals surface area contributed by atoms with E-state index in [0.717, 1.165) is 25.7 Å². The molecule has 0 amide bonds. The van der Waals surface area contributed by atoms with Gasteiger partial charge in [-0.25, -0.2) is 0 Å². The van der Waals surface area contributed by atoms with Gasteiger partial charge in [0.05, 0.1) is 0 Å². The monoisotopic (exact) mass is 1080 g/mol. The molecule has 4 rings (SSSR count). The van der Waals surface area contributed by atoms with Gasteiger partial charge in [-0.2, -0.15) is 0 Å². The van der Waals surface area contributed by atoms with E-state index in [1.54, 1.807) is 48.5 Å². The predicted octanol–water partition coefficient (Wildman–Crippen LogP) is 15.8. The molecule has 4 radical (unpaired) electrons. The molecule has 4 aromatic rings. The second-order valence-electron chi connectivity index (χ2n) is 18.1. The van der Waals surface area contributed by atoms with Crippen LogP contribution in [0, 0.1) is 0 Å². The largest absolute Gasteiger partial charge is 0.872 e. The van der Waals surface area contributed by atoms with E-state index in [1.807, 2.05) is 24.3 Å². The van der Waals surface area contributed by atoms with Crippen LogP contribution in [0.15, 0.2) is 97.1 Å². The fourth-order valence-corrected chi connectivity index (χ4v) is 7.95. The molecule has 0 unspecified atom stereocenters. The summed E-state index contributed by atoms with van der Waals surface area (Å²) in [6, 6.07) is 29.2. The summed E-state index contributed by atoms with van der Waals surface area (Å²) in [5.41, 5.74) is 4.78. The van der Waals surface area contributed by atoms with Crippen molar-refractivity contribution in [1.29, 1.82) is 0 Å². The van der Waals surface area contributed by atoms with Crippen LogP contribution in [0.2, 0.25) is 0 Å². The van der Waals surface area contributed by atoms with Crippen molar-refractivity contribution in [2.75, 3.05) is 0 Å². The molecule has 0 saturated carbocycles. The smallest absolute Gasteiger partial charge is 0 e. The molecule has 4 nitrogen and oxygen atoms in total. The minimum atomic E-state index is 0. The van der Waals surface area contributed by atoms with Crippen LogP contribution in [0.3, 0.4) is 0 Å². The van der Waals surface area contributed by atoms with E-state index in [2.05, 4.69) is 52.0 Å². The maximum atomic E-state index is 11.1. The molecule has 0 aliphatic carbocycles. The Hall–Kier alpha value is -3.00. The van der Waals surface area contributed by atoms with Crippen LogP contribution in [-0.2, 0) is 25.7 Å². The van der Waals surface area contributed by atoms with E-state index in [-0.39, 0.29) is 50.3 Å². The summed E-state index contributed by atoms with van der Waals surface area (Å²) in [4.78, 5) is 0. The van der Waals surface area contributed by atoms with Crippen LogP contribution in [0.4, 0.5) is 0 Å². The summed E-state index contributed by atoms with van der Waals surface area (Å²) < 4.78 is 0. The molecule has 0 aliphatic rings. The number of hydrogen-bond acceptors (Lipinski definition) is 4. The summed E-state index contributed by atoms with van der Waals surface area (Å²) in [5, 5.41) is 44.4. The molecule has 65 heavy (non-hydrogen) atoms. The third kappa shape index (κ3) is 39.8. The topological polar surface area (TPSA) is 92.2 Å². The Labute approximate surface area is 420 Å². The van der Waals surface area contributed by atoms with Crippen molar-refractivity contribution in [2.24, 2.45) is 0 Å². The first-order chi connectivity index (χ1) is 31.3. The minimum absolute atomic E-state index is 0. The van der Waals surface area contributed by atoms with Crippen LogP contribution in [-0.4, -0.2) is 27.3 Å². The second-order valence-corrected chi connectivity index (χ2v) is 18.1. The average molecular weight is 1080 g/mol. The quantitative estimate of drug-likeness (QED) is 0.0360. The van der Waals surface area contributed by atoms with Gasteiger partial charge in [0.25, 0.3) is 0 Å². The van der Waals surface area contributed by atoms with Crippen LogP contribution < -0.4 is 20.4 Å². The third-order valence-corrected chi connectivity index (χ3v) is 11.9. The van der Waals surface area contributed by atoms with Crippen molar-refractivity contribution >= 4 is 27.3 Å². The van der Waals surface area contributed by atoms with Crippen molar-refractivity contribution in [1.82, 2.24) is 0 Å². The molecule has 0 N–H and O–H groups in total. The Morgan fingerprint density at radius 1 is 0.246 bits per heavy atom. The zero-order valence-electron chi connectivity index (χ0n) is 42.0. The van der Waals surface area contributed by atoms with Crippen molar-refractivity contribution < 1.29 is 20.4 Å². The predicted molar refractivity (Wildman–Crippen MR) is 276 cm³/mol. The van der Waals surface area contributed by atoms with Gasteiger partial charge in [-0.1, -0.05) is 279 Å². The first kappa shape index (κ1) is 62.0. The van der Waals surface area contributed by atoms with Gasteiger partial charge >= 0.3 is 0 Å². The molecular formula is C60H92O4Pb-4. The normalized spacial score (nSPS) is 10.4. The van der Waals surface area contributed by atoms with E-state index >= 15 is 0 Å². The number of benzene rings is 4. The summed E-state index contributed by atoms with van der Waals surface area (Å²) in [5.74, 6) is 0.557. The van der Waals surface area contributed by atoms with Gasteiger partial charge in [-0.05, 0) is 73.6 Å². The second kappa shape index (κ2) is 46.1. The maximum absolute atomic E-state index is 11.1. The summed E-state index contributed by atoms with van der Waals surface area (Å²) in [7, 11) is 0. The number of rotatable bonds is 32. The SMILES string of the molecule is CCCCCCCCCc1cccc([O-])c1.CCCCCCCCCc1cccc([O-])c1.CCCCCCCCCc1cccc([O-])c1.CCCCCCCCCc1cccc([O-])c1.[Pb]. The molecule has 0 aliphatic heterocycles. The molecule has 0 atom stereocenters. The minimum Gasteiger partial charge on any atom is -0.872 e. The van der Waals surface area contributed by atoms with Gasteiger partial charge in [0.15, 0.2) is 0 Å². The van der Waals surface area contributed by atoms with E-state index in [9.17, 15) is 20.4 Å². The first-order valence-electron chi connectivity index (χ1n) is 26.3. The van der Waals surface area contributed by atoms with Gasteiger partial charge in [0.1, 0.15) is 0 Å². The molecular weight excluding hydrogens is 992 g/mol. The molecule has 0 fully saturated rings. The van der Waals surface area contributed by atoms with Crippen LogP contribution >= 0.6 is 0 Å². The number of unbranched alkanes of at least 4 members (excludes halogenated alkanes) is 24. The summed E-state index contributed by atoms with van der Waals surface area (Å²) >= 11 is 0. The van der Waals surface area contributed by atoms with Gasteiger partial charge in [0, 0.05) is 27.3 Å². The van der Waals surface area contributed by atoms with E-state index < -0.39 is 0 Å². The summed E-state index contributed by atoms with van der Waals surface area (Å²) in [6.45, 7) is 8.98. The molecule has 0 aromatic heterocycles. The van der Waals surface area contributed by atoms with Gasteiger partial charge in [0.2, 0.25) is 0 Å². The number of aryl methyl sites for hydroxylation is 4. The number of hydrogen-bond donors (Lipinski definition) is 0. The van der Waals surface area contributed by atoms with Crippen molar-refractivity contribution in [3.8, 4) is 23.0 Å². The van der Waals surface area contributed by atoms with Gasteiger partial charge in [-0.15, -0.1) is 23.0 Å². The zero-order valence-corrected chi connectivity index (χ0v) is 45.9. The van der Waals surface area contributed by atoms with E-state index in [4.69, 9.17) is 0 Å². The standard InChI is InChI=1S/4C15H24O.Pb/c4*1-2-3-4-5-6-7-8-10-14-11-9-12-15(16)13-14;/h4*9,11-13,16H,2-8,10H2,1H3;/p-4. The molecule has 364 valence electrons. The Balaban J connectivity index is 0.000000836. The first-order valence-corrected chi connectivity index (χ1v) is 26.3. The van der Waals surface area contributed by atoms with E-state index in [0.29, 0.717) is 0 Å². The van der Waals surface area contributed by atoms with Crippen LogP contribution in [0.5, 0.6) is 23.0 Å². The molecule has 4 aromatic carbocycles. The molecule has 0 bridgehead atoms. The van der Waals surface area contributed by atoms with E-state index in [1.165, 1.54) is 202 Å². The summed E-state index contributed by atoms with van der Waals surface area (Å²) in [6.07, 6.45) is 41.4. The van der Waals surface area contributed by atoms with Crippen molar-refractivity contribution in [2.45, 2.75) is 233 Å². The molecule has 0 heterocycles. The van der Waals surface area contributed by atoms with Crippen molar-refractivity contribution in [3.63, 3.8) is 0 Å². The van der Waals surface area contributed by atoms with Crippen LogP contribution in [0.1, 0.15) is 230 Å². The zero-order chi connectivity index (χ0) is 46.6. The van der Waals surface area contributed by atoms with Gasteiger partial charge < -0.3 is 20.4 Å². The fraction of sp³-hybridized carbons (Fsp3) is 0.600. The molecule has 0 saturated heterocycles. The molecule has 0 spiro atoms. The van der Waals surface area contributed by atoms with Crippen molar-refractivity contribution in [3.05, 3.63) is 119 Å². The average Bonchev–Trinajstić information content (AvgIpc) is 3.29. The maximum Gasteiger partial charge on any atom is 0 e. The molecule has 5 heteroatoms. The Bertz CT molecular complexity index is 1370. The van der Waals surface area contributed by atoms with Gasteiger partial charge in [-0.3, -0.25) is 0 Å². The Kier molecular flexibility index (Phi) is 44.0. The Morgan fingerprint density at radius 2 is 0.415 bits per heavy atom. The van der Waals surface area contributed by atoms with Crippen LogP contribution in [0.25, 0.3) is 0 Å². The fourth-order valence-electron chi connectivity index (χ4n) is 7.95.